The molecule has 1 unspecified atom stereocenters. The van der Waals surface area contributed by atoms with Crippen LogP contribution in [0, 0.1) is 17.2 Å². The van der Waals surface area contributed by atoms with Crippen LogP contribution in [0.1, 0.15) is 52.0 Å². The van der Waals surface area contributed by atoms with Crippen molar-refractivity contribution in [2.75, 3.05) is 13.1 Å². The smallest absolute Gasteiger partial charge is 0.244 e. The third kappa shape index (κ3) is 5.31. The van der Waals surface area contributed by atoms with Crippen LogP contribution in [0.2, 0.25) is 0 Å². The minimum atomic E-state index is -3.77. The second kappa shape index (κ2) is 9.03. The van der Waals surface area contributed by atoms with Gasteiger partial charge in [0.2, 0.25) is 15.9 Å². The van der Waals surface area contributed by atoms with Gasteiger partial charge in [-0.25, -0.2) is 8.42 Å². The Bertz CT molecular complexity index is 847. The molecule has 1 aromatic carbocycles. The van der Waals surface area contributed by atoms with Gasteiger partial charge in [0, 0.05) is 18.6 Å². The first-order chi connectivity index (χ1) is 13.1. The third-order valence-corrected chi connectivity index (χ3v) is 7.12. The molecule has 8 heteroatoms. The van der Waals surface area contributed by atoms with Gasteiger partial charge in [-0.2, -0.15) is 9.57 Å². The van der Waals surface area contributed by atoms with Crippen molar-refractivity contribution in [2.24, 2.45) is 11.7 Å². The summed E-state index contributed by atoms with van der Waals surface area (Å²) in [7, 11) is -3.77. The molecule has 0 spiro atoms. The predicted molar refractivity (Wildman–Crippen MR) is 108 cm³/mol. The summed E-state index contributed by atoms with van der Waals surface area (Å²) in [5, 5.41) is 12.3. The van der Waals surface area contributed by atoms with Gasteiger partial charge in [0.15, 0.2) is 0 Å². The minimum absolute atomic E-state index is 0.0316. The minimum Gasteiger partial charge on any atom is -0.350 e. The Kier molecular flexibility index (Phi) is 7.21. The number of carbonyl (C=O) groups is 1. The van der Waals surface area contributed by atoms with Crippen molar-refractivity contribution < 1.29 is 13.2 Å². The molecule has 1 fully saturated rings. The quantitative estimate of drug-likeness (QED) is 0.749. The molecule has 2 atom stereocenters. The van der Waals surface area contributed by atoms with Gasteiger partial charge < -0.3 is 11.1 Å². The fourth-order valence-electron chi connectivity index (χ4n) is 3.55. The van der Waals surface area contributed by atoms with Crippen LogP contribution >= 0.6 is 0 Å². The molecule has 0 bridgehead atoms. The van der Waals surface area contributed by atoms with Crippen LogP contribution in [0.4, 0.5) is 0 Å². The number of nitrogens with zero attached hydrogens (tertiary/aromatic N) is 2. The molecule has 2 rings (SSSR count). The maximum Gasteiger partial charge on any atom is 0.244 e. The third-order valence-electron chi connectivity index (χ3n) is 5.16. The summed E-state index contributed by atoms with van der Waals surface area (Å²) in [6.45, 7) is 6.60. The summed E-state index contributed by atoms with van der Waals surface area (Å²) >= 11 is 0. The molecule has 3 N–H and O–H groups in total. The van der Waals surface area contributed by atoms with Crippen LogP contribution in [0.5, 0.6) is 0 Å². The second-order valence-electron chi connectivity index (χ2n) is 8.15. The molecule has 1 heterocycles. The Balaban J connectivity index is 2.12. The number of nitrogens with one attached hydrogen (secondary N) is 1. The number of sulfonamides is 1. The lowest BCUT2D eigenvalue weighted by atomic mass is 9.92. The molecule has 1 aromatic rings. The van der Waals surface area contributed by atoms with Crippen molar-refractivity contribution in [1.82, 2.24) is 9.62 Å². The van der Waals surface area contributed by atoms with Gasteiger partial charge in [-0.1, -0.05) is 26.0 Å². The van der Waals surface area contributed by atoms with Crippen LogP contribution in [0.3, 0.4) is 0 Å². The van der Waals surface area contributed by atoms with Gasteiger partial charge in [0.1, 0.15) is 6.07 Å². The van der Waals surface area contributed by atoms with Gasteiger partial charge in [0.25, 0.3) is 0 Å². The highest BCUT2D eigenvalue weighted by Crippen LogP contribution is 2.27. The maximum atomic E-state index is 13.0. The van der Waals surface area contributed by atoms with Crippen LogP contribution < -0.4 is 11.1 Å². The first-order valence-electron chi connectivity index (χ1n) is 9.66. The fraction of sp³-hybridized carbons (Fsp3) is 0.600. The zero-order chi connectivity index (χ0) is 20.9. The van der Waals surface area contributed by atoms with Gasteiger partial charge in [-0.3, -0.25) is 4.79 Å². The van der Waals surface area contributed by atoms with Crippen LogP contribution in [0.15, 0.2) is 29.2 Å². The van der Waals surface area contributed by atoms with Gasteiger partial charge in [0.05, 0.1) is 16.5 Å². The highest BCUT2D eigenvalue weighted by molar-refractivity contribution is 7.89. The number of benzene rings is 1. The van der Waals surface area contributed by atoms with Crippen LogP contribution in [0.25, 0.3) is 0 Å². The molecule has 154 valence electrons. The Morgan fingerprint density at radius 1 is 1.32 bits per heavy atom. The van der Waals surface area contributed by atoms with E-state index in [1.165, 1.54) is 16.4 Å². The highest BCUT2D eigenvalue weighted by atomic mass is 32.2. The van der Waals surface area contributed by atoms with Crippen molar-refractivity contribution in [2.45, 2.75) is 62.9 Å². The molecule has 1 amide bonds. The molecule has 1 aliphatic heterocycles. The van der Waals surface area contributed by atoms with Crippen molar-refractivity contribution in [3.63, 3.8) is 0 Å². The molecule has 0 saturated carbocycles. The van der Waals surface area contributed by atoms with E-state index < -0.39 is 21.6 Å². The number of hydrogen-bond donors (Lipinski definition) is 2. The molecule has 0 aromatic heterocycles. The molecular formula is C20H30N4O3S. The van der Waals surface area contributed by atoms with E-state index in [9.17, 15) is 18.5 Å². The number of carbonyl (C=O) groups excluding carboxylic acids is 1. The summed E-state index contributed by atoms with van der Waals surface area (Å²) in [5.41, 5.74) is 5.62. The van der Waals surface area contributed by atoms with Gasteiger partial charge in [-0.15, -0.1) is 0 Å². The maximum absolute atomic E-state index is 13.0. The average Bonchev–Trinajstić information content (AvgIpc) is 2.83. The van der Waals surface area contributed by atoms with E-state index in [2.05, 4.69) is 5.32 Å². The van der Waals surface area contributed by atoms with E-state index >= 15 is 0 Å². The molecule has 1 aliphatic rings. The number of nitrogens with two attached hydrogens (primary N) is 1. The molecule has 0 radical (unpaired) electrons. The monoisotopic (exact) mass is 406 g/mol. The standard InChI is InChI=1S/C20H30N4O3S/c1-15(2)13-17(22)19(25)23-20(3)9-6-11-24(12-10-20)28(26,27)18-8-5-4-7-16(18)14-21/h4-5,7-8,15,17H,6,9-13,22H2,1-3H3,(H,23,25)/t17-,20?/m0/s1. The fourth-order valence-corrected chi connectivity index (χ4v) is 5.17. The second-order valence-corrected chi connectivity index (χ2v) is 10.1. The normalized spacial score (nSPS) is 22.3. The summed E-state index contributed by atoms with van der Waals surface area (Å²) < 4.78 is 27.5. The van der Waals surface area contributed by atoms with E-state index in [1.807, 2.05) is 26.8 Å². The number of nitriles is 1. The Morgan fingerprint density at radius 3 is 2.64 bits per heavy atom. The zero-order valence-electron chi connectivity index (χ0n) is 16.8. The molecule has 1 saturated heterocycles. The Morgan fingerprint density at radius 2 is 2.00 bits per heavy atom. The van der Waals surface area contributed by atoms with Crippen molar-refractivity contribution in [3.8, 4) is 6.07 Å². The van der Waals surface area contributed by atoms with Gasteiger partial charge >= 0.3 is 0 Å². The predicted octanol–water partition coefficient (Wildman–Crippen LogP) is 1.98. The lowest BCUT2D eigenvalue weighted by Crippen LogP contribution is -2.52. The number of amides is 1. The van der Waals surface area contributed by atoms with Crippen LogP contribution in [-0.2, 0) is 14.8 Å². The first kappa shape index (κ1) is 22.3. The van der Waals surface area contributed by atoms with Crippen molar-refractivity contribution in [3.05, 3.63) is 29.8 Å². The SMILES string of the molecule is CC(C)C[C@H](N)C(=O)NC1(C)CCCN(S(=O)(=O)c2ccccc2C#N)CC1. The average molecular weight is 407 g/mol. The molecule has 28 heavy (non-hydrogen) atoms. The number of rotatable bonds is 6. The Hall–Kier alpha value is -1.95. The zero-order valence-corrected chi connectivity index (χ0v) is 17.6. The summed E-state index contributed by atoms with van der Waals surface area (Å²) in [6.07, 6.45) is 2.37. The Labute approximate surface area is 167 Å². The molecule has 7 nitrogen and oxygen atoms in total. The topological polar surface area (TPSA) is 116 Å². The van der Waals surface area contributed by atoms with E-state index in [0.29, 0.717) is 38.1 Å². The summed E-state index contributed by atoms with van der Waals surface area (Å²) in [4.78, 5) is 12.5. The first-order valence-corrected chi connectivity index (χ1v) is 11.1. The van der Waals surface area contributed by atoms with Crippen molar-refractivity contribution >= 4 is 15.9 Å². The van der Waals surface area contributed by atoms with E-state index in [0.717, 1.165) is 0 Å². The number of hydrogen-bond acceptors (Lipinski definition) is 5. The van der Waals surface area contributed by atoms with Crippen LogP contribution in [-0.4, -0.2) is 43.3 Å². The highest BCUT2D eigenvalue weighted by Gasteiger charge is 2.35. The van der Waals surface area contributed by atoms with Crippen molar-refractivity contribution in [1.29, 1.82) is 5.26 Å². The van der Waals surface area contributed by atoms with E-state index in [4.69, 9.17) is 5.73 Å². The van der Waals surface area contributed by atoms with Gasteiger partial charge in [-0.05, 0) is 50.7 Å². The van der Waals surface area contributed by atoms with E-state index in [-0.39, 0.29) is 22.9 Å². The lowest BCUT2D eigenvalue weighted by Gasteiger charge is -2.31. The molecule has 0 aliphatic carbocycles. The summed E-state index contributed by atoms with van der Waals surface area (Å²) in [6, 6.07) is 7.61. The largest absolute Gasteiger partial charge is 0.350 e. The lowest BCUT2D eigenvalue weighted by molar-refractivity contribution is -0.124. The summed E-state index contributed by atoms with van der Waals surface area (Å²) in [5.74, 6) is 0.130. The molecular weight excluding hydrogens is 376 g/mol. The van der Waals surface area contributed by atoms with E-state index in [1.54, 1.807) is 12.1 Å².